The molecule has 120 valence electrons. The molecule has 1 aromatic heterocycles. The predicted octanol–water partition coefficient (Wildman–Crippen LogP) is 2.51. The minimum atomic E-state index is -0.278. The minimum Gasteiger partial charge on any atom is -0.497 e. The van der Waals surface area contributed by atoms with Crippen LogP contribution in [0.15, 0.2) is 47.1 Å². The van der Waals surface area contributed by atoms with Gasteiger partial charge in [0.2, 0.25) is 5.91 Å². The monoisotopic (exact) mass is 314 g/mol. The van der Waals surface area contributed by atoms with Crippen molar-refractivity contribution in [3.63, 3.8) is 0 Å². The molecule has 0 bridgehead atoms. The molecule has 1 aromatic carbocycles. The fourth-order valence-corrected chi connectivity index (χ4v) is 2.58. The maximum absolute atomic E-state index is 12.7. The summed E-state index contributed by atoms with van der Waals surface area (Å²) in [5, 5.41) is 0. The van der Waals surface area contributed by atoms with Crippen LogP contribution < -0.4 is 9.64 Å². The van der Waals surface area contributed by atoms with Gasteiger partial charge in [-0.2, -0.15) is 0 Å². The van der Waals surface area contributed by atoms with Crippen molar-refractivity contribution < 1.29 is 18.7 Å². The van der Waals surface area contributed by atoms with Crippen molar-refractivity contribution in [2.75, 3.05) is 25.2 Å². The van der Waals surface area contributed by atoms with Gasteiger partial charge in [0.05, 0.1) is 13.4 Å². The number of likely N-dealkylation sites (tertiary alicyclic amines) is 1. The molecule has 1 aliphatic rings. The van der Waals surface area contributed by atoms with Gasteiger partial charge in [-0.05, 0) is 42.8 Å². The van der Waals surface area contributed by atoms with Gasteiger partial charge in [0.25, 0.3) is 5.91 Å². The van der Waals surface area contributed by atoms with Crippen LogP contribution >= 0.6 is 0 Å². The zero-order valence-electron chi connectivity index (χ0n) is 12.9. The van der Waals surface area contributed by atoms with E-state index in [2.05, 4.69) is 0 Å². The maximum Gasteiger partial charge on any atom is 0.295 e. The van der Waals surface area contributed by atoms with Crippen LogP contribution in [0.2, 0.25) is 0 Å². The molecule has 0 spiro atoms. The first-order valence-corrected chi connectivity index (χ1v) is 7.46. The van der Waals surface area contributed by atoms with Gasteiger partial charge in [-0.25, -0.2) is 0 Å². The predicted molar refractivity (Wildman–Crippen MR) is 84.3 cm³/mol. The van der Waals surface area contributed by atoms with Crippen molar-refractivity contribution in [3.05, 3.63) is 48.4 Å². The number of rotatable bonds is 5. The molecule has 23 heavy (non-hydrogen) atoms. The summed E-state index contributed by atoms with van der Waals surface area (Å²) in [5.41, 5.74) is 0.687. The first-order valence-electron chi connectivity index (χ1n) is 7.46. The first kappa shape index (κ1) is 15.1. The van der Waals surface area contributed by atoms with Crippen LogP contribution in [0.25, 0.3) is 0 Å². The number of carbonyl (C=O) groups is 2. The quantitative estimate of drug-likeness (QED) is 0.850. The summed E-state index contributed by atoms with van der Waals surface area (Å²) in [4.78, 5) is 27.8. The van der Waals surface area contributed by atoms with Crippen molar-refractivity contribution in [3.8, 4) is 5.75 Å². The summed E-state index contributed by atoms with van der Waals surface area (Å²) in [7, 11) is 1.59. The lowest BCUT2D eigenvalue weighted by molar-refractivity contribution is -0.127. The van der Waals surface area contributed by atoms with E-state index in [9.17, 15) is 9.59 Å². The lowest BCUT2D eigenvalue weighted by Crippen LogP contribution is -2.42. The maximum atomic E-state index is 12.7. The van der Waals surface area contributed by atoms with E-state index in [1.165, 1.54) is 6.26 Å². The lowest BCUT2D eigenvalue weighted by atomic mass is 10.2. The average Bonchev–Trinajstić information content (AvgIpc) is 3.24. The van der Waals surface area contributed by atoms with E-state index in [-0.39, 0.29) is 24.2 Å². The number of amides is 2. The zero-order valence-corrected chi connectivity index (χ0v) is 12.9. The van der Waals surface area contributed by atoms with Crippen LogP contribution in [0.5, 0.6) is 5.75 Å². The van der Waals surface area contributed by atoms with E-state index in [1.807, 2.05) is 0 Å². The Morgan fingerprint density at radius 1 is 1.30 bits per heavy atom. The molecule has 1 fully saturated rings. The van der Waals surface area contributed by atoms with Crippen LogP contribution in [-0.4, -0.2) is 37.0 Å². The topological polar surface area (TPSA) is 63.0 Å². The Kier molecular flexibility index (Phi) is 4.32. The van der Waals surface area contributed by atoms with Crippen LogP contribution in [0, 0.1) is 0 Å². The van der Waals surface area contributed by atoms with Gasteiger partial charge < -0.3 is 14.1 Å². The highest BCUT2D eigenvalue weighted by molar-refractivity contribution is 6.04. The molecule has 1 aliphatic heterocycles. The number of hydrogen-bond donors (Lipinski definition) is 0. The number of methoxy groups -OCH3 is 1. The van der Waals surface area contributed by atoms with E-state index < -0.39 is 0 Å². The van der Waals surface area contributed by atoms with Crippen molar-refractivity contribution in [2.24, 2.45) is 0 Å². The van der Waals surface area contributed by atoms with Gasteiger partial charge in [-0.1, -0.05) is 0 Å². The summed E-state index contributed by atoms with van der Waals surface area (Å²) in [6.07, 6.45) is 2.82. The molecule has 0 unspecified atom stereocenters. The fraction of sp³-hybridized carbons (Fsp3) is 0.294. The summed E-state index contributed by atoms with van der Waals surface area (Å²) < 4.78 is 10.4. The third-order valence-electron chi connectivity index (χ3n) is 3.84. The molecule has 3 rings (SSSR count). The Bertz CT molecular complexity index is 679. The smallest absolute Gasteiger partial charge is 0.295 e. The van der Waals surface area contributed by atoms with Crippen LogP contribution in [-0.2, 0) is 4.79 Å². The molecule has 2 amide bonds. The van der Waals surface area contributed by atoms with Gasteiger partial charge in [-0.15, -0.1) is 0 Å². The molecule has 0 atom stereocenters. The molecular formula is C17H18N2O4. The highest BCUT2D eigenvalue weighted by atomic mass is 16.5. The third kappa shape index (κ3) is 3.21. The van der Waals surface area contributed by atoms with E-state index in [0.717, 1.165) is 6.42 Å². The van der Waals surface area contributed by atoms with Crippen molar-refractivity contribution in [1.82, 2.24) is 4.90 Å². The molecule has 2 heterocycles. The Morgan fingerprint density at radius 3 is 2.65 bits per heavy atom. The Labute approximate surface area is 134 Å². The zero-order chi connectivity index (χ0) is 16.2. The number of ether oxygens (including phenoxy) is 1. The molecule has 2 aromatic rings. The molecule has 1 saturated heterocycles. The number of anilines is 1. The highest BCUT2D eigenvalue weighted by Crippen LogP contribution is 2.23. The second-order valence-electron chi connectivity index (χ2n) is 5.31. The van der Waals surface area contributed by atoms with Gasteiger partial charge in [0, 0.05) is 18.7 Å². The standard InChI is InChI=1S/C17H18N2O4/c1-22-14-8-6-13(7-9-14)19(12-18-10-2-5-16(18)20)17(21)15-4-3-11-23-15/h3-4,6-9,11H,2,5,10,12H2,1H3. The number of hydrogen-bond acceptors (Lipinski definition) is 4. The van der Waals surface area contributed by atoms with Gasteiger partial charge >= 0.3 is 0 Å². The van der Waals surface area contributed by atoms with Crippen LogP contribution in [0.4, 0.5) is 5.69 Å². The van der Waals surface area contributed by atoms with Crippen LogP contribution in [0.3, 0.4) is 0 Å². The van der Waals surface area contributed by atoms with E-state index in [0.29, 0.717) is 24.4 Å². The Morgan fingerprint density at radius 2 is 2.09 bits per heavy atom. The van der Waals surface area contributed by atoms with Crippen molar-refractivity contribution in [2.45, 2.75) is 12.8 Å². The first-order chi connectivity index (χ1) is 11.2. The van der Waals surface area contributed by atoms with Crippen LogP contribution in [0.1, 0.15) is 23.4 Å². The number of furan rings is 1. The van der Waals surface area contributed by atoms with E-state index in [1.54, 1.807) is 53.3 Å². The SMILES string of the molecule is COc1ccc(N(CN2CCCC2=O)C(=O)c2ccco2)cc1. The second-order valence-corrected chi connectivity index (χ2v) is 5.31. The fourth-order valence-electron chi connectivity index (χ4n) is 2.58. The largest absolute Gasteiger partial charge is 0.497 e. The molecule has 6 nitrogen and oxygen atoms in total. The summed E-state index contributed by atoms with van der Waals surface area (Å²) in [6, 6.07) is 10.4. The van der Waals surface area contributed by atoms with Crippen molar-refractivity contribution >= 4 is 17.5 Å². The summed E-state index contributed by atoms with van der Waals surface area (Å²) in [5.74, 6) is 0.736. The molecule has 0 aliphatic carbocycles. The molecule has 0 radical (unpaired) electrons. The number of benzene rings is 1. The Hall–Kier alpha value is -2.76. The van der Waals surface area contributed by atoms with Gasteiger partial charge in [0.1, 0.15) is 12.4 Å². The van der Waals surface area contributed by atoms with E-state index in [4.69, 9.17) is 9.15 Å². The molecule has 6 heteroatoms. The molecular weight excluding hydrogens is 296 g/mol. The molecule has 0 N–H and O–H groups in total. The van der Waals surface area contributed by atoms with E-state index >= 15 is 0 Å². The lowest BCUT2D eigenvalue weighted by Gasteiger charge is -2.27. The summed E-state index contributed by atoms with van der Waals surface area (Å²) >= 11 is 0. The van der Waals surface area contributed by atoms with Crippen molar-refractivity contribution in [1.29, 1.82) is 0 Å². The number of carbonyl (C=O) groups excluding carboxylic acids is 2. The summed E-state index contributed by atoms with van der Waals surface area (Å²) in [6.45, 7) is 0.877. The third-order valence-corrected chi connectivity index (χ3v) is 3.84. The number of nitrogens with zero attached hydrogens (tertiary/aromatic N) is 2. The molecule has 0 saturated carbocycles. The Balaban J connectivity index is 1.88. The second kappa shape index (κ2) is 6.56. The van der Waals surface area contributed by atoms with Gasteiger partial charge in [0.15, 0.2) is 5.76 Å². The minimum absolute atomic E-state index is 0.0655. The average molecular weight is 314 g/mol. The normalized spacial score (nSPS) is 14.1. The highest BCUT2D eigenvalue weighted by Gasteiger charge is 2.27. The van der Waals surface area contributed by atoms with Gasteiger partial charge in [-0.3, -0.25) is 14.5 Å².